The topological polar surface area (TPSA) is 92.8 Å². The standard InChI is InChI=1S/C20H24N2O5S/c1-4-22(5-2)28(25,26)17-12-11-15(3)18(13-17)20(24)27-14-19(23)21-16-9-7-6-8-10-16/h6-13H,4-5,14H2,1-3H3,(H,21,23). The van der Waals surface area contributed by atoms with Crippen molar-refractivity contribution in [2.24, 2.45) is 0 Å². The molecule has 1 amide bonds. The molecule has 2 aromatic carbocycles. The Morgan fingerprint density at radius 1 is 1.04 bits per heavy atom. The number of sulfonamides is 1. The second-order valence-corrected chi connectivity index (χ2v) is 7.99. The van der Waals surface area contributed by atoms with E-state index in [1.54, 1.807) is 51.1 Å². The highest BCUT2D eigenvalue weighted by atomic mass is 32.2. The highest BCUT2D eigenvalue weighted by Gasteiger charge is 2.24. The summed E-state index contributed by atoms with van der Waals surface area (Å²) < 4.78 is 31.7. The summed E-state index contributed by atoms with van der Waals surface area (Å²) in [4.78, 5) is 24.4. The molecule has 0 atom stereocenters. The second kappa shape index (κ2) is 9.48. The number of aryl methyl sites for hydroxylation is 1. The van der Waals surface area contributed by atoms with Gasteiger partial charge in [-0.05, 0) is 36.8 Å². The Labute approximate surface area is 165 Å². The van der Waals surface area contributed by atoms with Crippen LogP contribution in [0.1, 0.15) is 29.8 Å². The van der Waals surface area contributed by atoms with Crippen molar-refractivity contribution >= 4 is 27.6 Å². The zero-order valence-corrected chi connectivity index (χ0v) is 17.0. The predicted molar refractivity (Wildman–Crippen MR) is 107 cm³/mol. The van der Waals surface area contributed by atoms with E-state index in [0.29, 0.717) is 24.3 Å². The fourth-order valence-corrected chi connectivity index (χ4v) is 4.11. The molecule has 8 heteroatoms. The second-order valence-electron chi connectivity index (χ2n) is 6.06. The van der Waals surface area contributed by atoms with Gasteiger partial charge in [0.15, 0.2) is 6.61 Å². The van der Waals surface area contributed by atoms with Crippen molar-refractivity contribution in [3.63, 3.8) is 0 Å². The molecule has 0 aliphatic rings. The lowest BCUT2D eigenvalue weighted by Crippen LogP contribution is -2.30. The number of esters is 1. The van der Waals surface area contributed by atoms with Crippen LogP contribution in [0.5, 0.6) is 0 Å². The Morgan fingerprint density at radius 2 is 1.68 bits per heavy atom. The Balaban J connectivity index is 2.12. The number of nitrogens with one attached hydrogen (secondary N) is 1. The number of hydrogen-bond acceptors (Lipinski definition) is 5. The molecule has 2 rings (SSSR count). The van der Waals surface area contributed by atoms with Crippen LogP contribution in [0.3, 0.4) is 0 Å². The van der Waals surface area contributed by atoms with Crippen molar-refractivity contribution in [1.82, 2.24) is 4.31 Å². The first-order valence-corrected chi connectivity index (χ1v) is 10.4. The third-order valence-electron chi connectivity index (χ3n) is 4.16. The van der Waals surface area contributed by atoms with Crippen molar-refractivity contribution < 1.29 is 22.7 Å². The lowest BCUT2D eigenvalue weighted by atomic mass is 10.1. The first-order chi connectivity index (χ1) is 13.3. The molecule has 7 nitrogen and oxygen atoms in total. The van der Waals surface area contributed by atoms with Gasteiger partial charge in [0.05, 0.1) is 10.5 Å². The number of hydrogen-bond donors (Lipinski definition) is 1. The minimum Gasteiger partial charge on any atom is -0.452 e. The average Bonchev–Trinajstić information content (AvgIpc) is 2.68. The minimum absolute atomic E-state index is 0.0162. The average molecular weight is 404 g/mol. The van der Waals surface area contributed by atoms with Gasteiger partial charge >= 0.3 is 5.97 Å². The SMILES string of the molecule is CCN(CC)S(=O)(=O)c1ccc(C)c(C(=O)OCC(=O)Nc2ccccc2)c1. The third-order valence-corrected chi connectivity index (χ3v) is 6.21. The van der Waals surface area contributed by atoms with Gasteiger partial charge in [0.25, 0.3) is 5.91 Å². The molecule has 0 saturated carbocycles. The molecule has 150 valence electrons. The monoisotopic (exact) mass is 404 g/mol. The van der Waals surface area contributed by atoms with Gasteiger partial charge in [-0.2, -0.15) is 4.31 Å². The van der Waals surface area contributed by atoms with E-state index in [0.717, 1.165) is 0 Å². The molecule has 0 fully saturated rings. The lowest BCUT2D eigenvalue weighted by Gasteiger charge is -2.19. The number of benzene rings is 2. The van der Waals surface area contributed by atoms with Crippen LogP contribution in [-0.4, -0.2) is 44.3 Å². The molecule has 0 unspecified atom stereocenters. The lowest BCUT2D eigenvalue weighted by molar-refractivity contribution is -0.119. The molecule has 0 bridgehead atoms. The molecule has 0 heterocycles. The highest BCUT2D eigenvalue weighted by Crippen LogP contribution is 2.20. The molecule has 0 spiro atoms. The van der Waals surface area contributed by atoms with Gasteiger partial charge in [-0.15, -0.1) is 0 Å². The maximum Gasteiger partial charge on any atom is 0.338 e. The summed E-state index contributed by atoms with van der Waals surface area (Å²) in [6.07, 6.45) is 0. The predicted octanol–water partition coefficient (Wildman–Crippen LogP) is 2.82. The number of para-hydroxylation sites is 1. The molecule has 0 saturated heterocycles. The smallest absolute Gasteiger partial charge is 0.338 e. The molecule has 2 aromatic rings. The molecular formula is C20H24N2O5S. The van der Waals surface area contributed by atoms with Crippen molar-refractivity contribution in [3.8, 4) is 0 Å². The zero-order valence-electron chi connectivity index (χ0n) is 16.1. The van der Waals surface area contributed by atoms with Crippen molar-refractivity contribution in [2.45, 2.75) is 25.7 Å². The molecule has 0 aliphatic heterocycles. The van der Waals surface area contributed by atoms with Gasteiger partial charge in [0, 0.05) is 18.8 Å². The Kier molecular flexibility index (Phi) is 7.31. The van der Waals surface area contributed by atoms with E-state index in [2.05, 4.69) is 5.32 Å². The first-order valence-electron chi connectivity index (χ1n) is 8.92. The summed E-state index contributed by atoms with van der Waals surface area (Å²) in [6, 6.07) is 13.1. The van der Waals surface area contributed by atoms with Gasteiger partial charge in [0.2, 0.25) is 10.0 Å². The number of carbonyl (C=O) groups is 2. The molecule has 0 radical (unpaired) electrons. The molecule has 0 aliphatic carbocycles. The maximum atomic E-state index is 12.7. The normalized spacial score (nSPS) is 11.3. The number of ether oxygens (including phenoxy) is 1. The summed E-state index contributed by atoms with van der Waals surface area (Å²) >= 11 is 0. The summed E-state index contributed by atoms with van der Waals surface area (Å²) in [6.45, 7) is 5.35. The maximum absolute atomic E-state index is 12.7. The summed E-state index contributed by atoms with van der Waals surface area (Å²) in [5.74, 6) is -1.23. The third kappa shape index (κ3) is 5.17. The molecule has 1 N–H and O–H groups in total. The van der Waals surface area contributed by atoms with Gasteiger partial charge in [-0.3, -0.25) is 4.79 Å². The van der Waals surface area contributed by atoms with Crippen molar-refractivity contribution in [1.29, 1.82) is 0 Å². The number of carbonyl (C=O) groups excluding carboxylic acids is 2. The number of amides is 1. The Hall–Kier alpha value is -2.71. The minimum atomic E-state index is -3.70. The van der Waals surface area contributed by atoms with Gasteiger partial charge in [0.1, 0.15) is 0 Å². The summed E-state index contributed by atoms with van der Waals surface area (Å²) in [5, 5.41) is 2.61. The zero-order chi connectivity index (χ0) is 20.7. The van der Waals surface area contributed by atoms with Crippen LogP contribution in [-0.2, 0) is 19.6 Å². The summed E-state index contributed by atoms with van der Waals surface area (Å²) in [7, 11) is -3.70. The van der Waals surface area contributed by atoms with E-state index in [4.69, 9.17) is 4.74 Å². The number of nitrogens with zero attached hydrogens (tertiary/aromatic N) is 1. The number of rotatable bonds is 8. The van der Waals surface area contributed by atoms with Gasteiger partial charge in [-0.25, -0.2) is 13.2 Å². The van der Waals surface area contributed by atoms with Gasteiger partial charge < -0.3 is 10.1 Å². The van der Waals surface area contributed by atoms with Crippen LogP contribution in [0.15, 0.2) is 53.4 Å². The van der Waals surface area contributed by atoms with Crippen molar-refractivity contribution in [2.75, 3.05) is 25.0 Å². The van der Waals surface area contributed by atoms with Crippen LogP contribution in [0, 0.1) is 6.92 Å². The van der Waals surface area contributed by atoms with Crippen LogP contribution in [0.2, 0.25) is 0 Å². The fraction of sp³-hybridized carbons (Fsp3) is 0.300. The van der Waals surface area contributed by atoms with E-state index < -0.39 is 28.5 Å². The molecule has 0 aromatic heterocycles. The first kappa shape index (κ1) is 21.6. The van der Waals surface area contributed by atoms with E-state index in [1.807, 2.05) is 6.07 Å². The summed E-state index contributed by atoms with van der Waals surface area (Å²) in [5.41, 5.74) is 1.26. The fourth-order valence-electron chi connectivity index (χ4n) is 2.62. The Bertz CT molecular complexity index is 938. The van der Waals surface area contributed by atoms with Crippen LogP contribution in [0.25, 0.3) is 0 Å². The van der Waals surface area contributed by atoms with E-state index in [-0.39, 0.29) is 10.5 Å². The van der Waals surface area contributed by atoms with Crippen LogP contribution >= 0.6 is 0 Å². The molecular weight excluding hydrogens is 380 g/mol. The van der Waals surface area contributed by atoms with Gasteiger partial charge in [-0.1, -0.05) is 38.1 Å². The Morgan fingerprint density at radius 3 is 2.29 bits per heavy atom. The quantitative estimate of drug-likeness (QED) is 0.683. The van der Waals surface area contributed by atoms with E-state index in [1.165, 1.54) is 16.4 Å². The largest absolute Gasteiger partial charge is 0.452 e. The highest BCUT2D eigenvalue weighted by molar-refractivity contribution is 7.89. The number of anilines is 1. The van der Waals surface area contributed by atoms with E-state index >= 15 is 0 Å². The van der Waals surface area contributed by atoms with Crippen molar-refractivity contribution in [3.05, 3.63) is 59.7 Å². The molecule has 28 heavy (non-hydrogen) atoms. The van der Waals surface area contributed by atoms with E-state index in [9.17, 15) is 18.0 Å². The van der Waals surface area contributed by atoms with Crippen LogP contribution < -0.4 is 5.32 Å². The van der Waals surface area contributed by atoms with Crippen LogP contribution in [0.4, 0.5) is 5.69 Å².